The van der Waals surface area contributed by atoms with E-state index in [1.165, 1.54) is 12.1 Å². The van der Waals surface area contributed by atoms with Crippen molar-refractivity contribution in [3.05, 3.63) is 41.7 Å². The number of carbonyl (C=O) groups excluding carboxylic acids is 2. The third kappa shape index (κ3) is 3.40. The minimum atomic E-state index is -0.854. The first-order valence-corrected chi connectivity index (χ1v) is 6.12. The summed E-state index contributed by atoms with van der Waals surface area (Å²) < 4.78 is 13.3. The minimum absolute atomic E-state index is 0.154. The number of primary amides is 1. The van der Waals surface area contributed by atoms with Gasteiger partial charge in [-0.05, 0) is 37.0 Å². The van der Waals surface area contributed by atoms with Gasteiger partial charge in [-0.2, -0.15) is 0 Å². The molecule has 100 valence electrons. The molecule has 0 fully saturated rings. The van der Waals surface area contributed by atoms with Crippen LogP contribution in [0.5, 0.6) is 0 Å². The number of hydrogen-bond acceptors (Lipinski definition) is 2. The molecule has 0 unspecified atom stereocenters. The Balaban J connectivity index is 2.02. The van der Waals surface area contributed by atoms with Crippen LogP contribution in [-0.2, 0) is 4.79 Å². The summed E-state index contributed by atoms with van der Waals surface area (Å²) in [6, 6.07) is 3.77. The summed E-state index contributed by atoms with van der Waals surface area (Å²) in [5.74, 6) is -1.44. The maximum Gasteiger partial charge on any atom is 0.251 e. The predicted octanol–water partition coefficient (Wildman–Crippen LogP) is 2.22. The van der Waals surface area contributed by atoms with E-state index in [1.54, 1.807) is 0 Å². The Morgan fingerprint density at radius 2 is 2.21 bits per heavy atom. The quantitative estimate of drug-likeness (QED) is 0.817. The number of halogens is 1. The van der Waals surface area contributed by atoms with Gasteiger partial charge in [0.1, 0.15) is 5.82 Å². The molecule has 0 aliphatic heterocycles. The zero-order valence-electron chi connectivity index (χ0n) is 10.4. The van der Waals surface area contributed by atoms with Crippen molar-refractivity contribution in [3.8, 4) is 0 Å². The molecular weight excluding hydrogens is 247 g/mol. The molecule has 5 heteroatoms. The Labute approximate surface area is 110 Å². The molecule has 1 aromatic rings. The normalized spacial score (nSPS) is 17.4. The first kappa shape index (κ1) is 13.3. The van der Waals surface area contributed by atoms with Crippen molar-refractivity contribution in [1.82, 2.24) is 0 Å². The maximum absolute atomic E-state index is 13.3. The monoisotopic (exact) mass is 262 g/mol. The topological polar surface area (TPSA) is 72.2 Å². The predicted molar refractivity (Wildman–Crippen MR) is 70.0 cm³/mol. The van der Waals surface area contributed by atoms with Crippen molar-refractivity contribution in [2.24, 2.45) is 11.7 Å². The van der Waals surface area contributed by atoms with E-state index in [2.05, 4.69) is 11.4 Å². The highest BCUT2D eigenvalue weighted by Crippen LogP contribution is 2.21. The van der Waals surface area contributed by atoms with Crippen LogP contribution in [0.1, 0.15) is 29.6 Å². The van der Waals surface area contributed by atoms with Gasteiger partial charge in [-0.1, -0.05) is 12.2 Å². The van der Waals surface area contributed by atoms with Crippen LogP contribution in [0.2, 0.25) is 0 Å². The second-order valence-corrected chi connectivity index (χ2v) is 4.58. The molecule has 1 aliphatic carbocycles. The number of nitrogens with one attached hydrogen (secondary N) is 1. The molecule has 4 nitrogen and oxygen atoms in total. The van der Waals surface area contributed by atoms with Crippen LogP contribution in [-0.4, -0.2) is 11.8 Å². The van der Waals surface area contributed by atoms with Gasteiger partial charge in [0.05, 0.1) is 5.56 Å². The standard InChI is InChI=1S/C14H15FN2O2/c15-12-6-5-10(8-11(12)14(16)19)17-13(18)7-9-3-1-2-4-9/h1,3,5-6,8-9H,2,4,7H2,(H2,16,19)(H,17,18)/t9-/m1/s1. The number of amides is 2. The van der Waals surface area contributed by atoms with E-state index in [0.29, 0.717) is 12.1 Å². The molecule has 1 atom stereocenters. The van der Waals surface area contributed by atoms with Gasteiger partial charge in [0.25, 0.3) is 5.91 Å². The first-order chi connectivity index (χ1) is 9.06. The number of anilines is 1. The average Bonchev–Trinajstić information content (AvgIpc) is 2.84. The molecule has 1 aromatic carbocycles. The second kappa shape index (κ2) is 5.65. The van der Waals surface area contributed by atoms with Crippen LogP contribution in [0.25, 0.3) is 0 Å². The van der Waals surface area contributed by atoms with E-state index in [-0.39, 0.29) is 17.4 Å². The molecule has 0 saturated heterocycles. The summed E-state index contributed by atoms with van der Waals surface area (Å²) in [5.41, 5.74) is 5.20. The summed E-state index contributed by atoms with van der Waals surface area (Å²) in [7, 11) is 0. The molecular formula is C14H15FN2O2. The molecule has 0 spiro atoms. The molecule has 0 saturated carbocycles. The Bertz CT molecular complexity index is 540. The summed E-state index contributed by atoms with van der Waals surface area (Å²) in [6.45, 7) is 0. The Hall–Kier alpha value is -2.17. The number of hydrogen-bond donors (Lipinski definition) is 2. The van der Waals surface area contributed by atoms with Gasteiger partial charge in [0, 0.05) is 12.1 Å². The van der Waals surface area contributed by atoms with Gasteiger partial charge in [0.2, 0.25) is 5.91 Å². The zero-order valence-corrected chi connectivity index (χ0v) is 10.4. The van der Waals surface area contributed by atoms with Crippen molar-refractivity contribution in [2.75, 3.05) is 5.32 Å². The third-order valence-corrected chi connectivity index (χ3v) is 3.08. The van der Waals surface area contributed by atoms with Crippen molar-refractivity contribution < 1.29 is 14.0 Å². The summed E-state index contributed by atoms with van der Waals surface area (Å²) in [4.78, 5) is 22.8. The van der Waals surface area contributed by atoms with Gasteiger partial charge in [-0.3, -0.25) is 9.59 Å². The minimum Gasteiger partial charge on any atom is -0.366 e. The molecule has 2 amide bonds. The third-order valence-electron chi connectivity index (χ3n) is 3.08. The number of carbonyl (C=O) groups is 2. The lowest BCUT2D eigenvalue weighted by Crippen LogP contribution is -2.17. The van der Waals surface area contributed by atoms with Gasteiger partial charge < -0.3 is 11.1 Å². The lowest BCUT2D eigenvalue weighted by atomic mass is 10.0. The molecule has 0 aromatic heterocycles. The van der Waals surface area contributed by atoms with Crippen molar-refractivity contribution in [2.45, 2.75) is 19.3 Å². The van der Waals surface area contributed by atoms with Crippen LogP contribution in [0.4, 0.5) is 10.1 Å². The van der Waals surface area contributed by atoms with Crippen LogP contribution in [0.15, 0.2) is 30.4 Å². The SMILES string of the molecule is NC(=O)c1cc(NC(=O)C[C@@H]2C=CCC2)ccc1F. The second-order valence-electron chi connectivity index (χ2n) is 4.58. The maximum atomic E-state index is 13.3. The molecule has 19 heavy (non-hydrogen) atoms. The van der Waals surface area contributed by atoms with E-state index in [4.69, 9.17) is 5.73 Å². The highest BCUT2D eigenvalue weighted by molar-refractivity contribution is 5.96. The van der Waals surface area contributed by atoms with E-state index in [0.717, 1.165) is 18.9 Å². The zero-order chi connectivity index (χ0) is 13.8. The Kier molecular flexibility index (Phi) is 3.94. The fourth-order valence-electron chi connectivity index (χ4n) is 2.11. The molecule has 3 N–H and O–H groups in total. The van der Waals surface area contributed by atoms with Gasteiger partial charge in [-0.15, -0.1) is 0 Å². The van der Waals surface area contributed by atoms with Crippen LogP contribution < -0.4 is 11.1 Å². The molecule has 0 heterocycles. The number of allylic oxidation sites excluding steroid dienone is 2. The van der Waals surface area contributed by atoms with E-state index < -0.39 is 11.7 Å². The smallest absolute Gasteiger partial charge is 0.251 e. The summed E-state index contributed by atoms with van der Waals surface area (Å²) >= 11 is 0. The lowest BCUT2D eigenvalue weighted by Gasteiger charge is -2.09. The first-order valence-electron chi connectivity index (χ1n) is 6.12. The lowest BCUT2D eigenvalue weighted by molar-refractivity contribution is -0.116. The molecule has 1 aliphatic rings. The summed E-state index contributed by atoms with van der Waals surface area (Å²) in [6.07, 6.45) is 6.45. The highest BCUT2D eigenvalue weighted by Gasteiger charge is 2.15. The number of nitrogens with two attached hydrogens (primary N) is 1. The molecule has 0 bridgehead atoms. The average molecular weight is 262 g/mol. The van der Waals surface area contributed by atoms with E-state index in [1.807, 2.05) is 6.08 Å². The Morgan fingerprint density at radius 3 is 2.84 bits per heavy atom. The highest BCUT2D eigenvalue weighted by atomic mass is 19.1. The van der Waals surface area contributed by atoms with Crippen LogP contribution in [0.3, 0.4) is 0 Å². The van der Waals surface area contributed by atoms with Crippen molar-refractivity contribution in [1.29, 1.82) is 0 Å². The van der Waals surface area contributed by atoms with Gasteiger partial charge in [0.15, 0.2) is 0 Å². The van der Waals surface area contributed by atoms with Crippen molar-refractivity contribution in [3.63, 3.8) is 0 Å². The molecule has 2 rings (SSSR count). The number of benzene rings is 1. The number of rotatable bonds is 4. The van der Waals surface area contributed by atoms with E-state index >= 15 is 0 Å². The summed E-state index contributed by atoms with van der Waals surface area (Å²) in [5, 5.41) is 2.64. The van der Waals surface area contributed by atoms with Crippen LogP contribution in [0, 0.1) is 11.7 Å². The van der Waals surface area contributed by atoms with Crippen LogP contribution >= 0.6 is 0 Å². The molecule has 0 radical (unpaired) electrons. The fourth-order valence-corrected chi connectivity index (χ4v) is 2.11. The largest absolute Gasteiger partial charge is 0.366 e. The van der Waals surface area contributed by atoms with E-state index in [9.17, 15) is 14.0 Å². The van der Waals surface area contributed by atoms with Gasteiger partial charge >= 0.3 is 0 Å². The fraction of sp³-hybridized carbons (Fsp3) is 0.286. The van der Waals surface area contributed by atoms with Gasteiger partial charge in [-0.25, -0.2) is 4.39 Å². The van der Waals surface area contributed by atoms with Crippen molar-refractivity contribution >= 4 is 17.5 Å². The Morgan fingerprint density at radius 1 is 1.42 bits per heavy atom.